The van der Waals surface area contributed by atoms with E-state index in [9.17, 15) is 13.2 Å². The van der Waals surface area contributed by atoms with Crippen LogP contribution in [0.4, 0.5) is 5.69 Å². The molecular formula is C20H20Cl2N2O3S2. The molecule has 0 unspecified atom stereocenters. The number of hydrogen-bond acceptors (Lipinski definition) is 4. The summed E-state index contributed by atoms with van der Waals surface area (Å²) in [7, 11) is -3.58. The van der Waals surface area contributed by atoms with E-state index in [0.29, 0.717) is 42.5 Å². The minimum Gasteiger partial charge on any atom is -0.310 e. The highest BCUT2D eigenvalue weighted by Crippen LogP contribution is 2.38. The monoisotopic (exact) mass is 470 g/mol. The number of thioether (sulfide) groups is 1. The predicted molar refractivity (Wildman–Crippen MR) is 117 cm³/mol. The van der Waals surface area contributed by atoms with Crippen LogP contribution in [0, 0.1) is 5.92 Å². The molecule has 0 aromatic heterocycles. The molecule has 1 amide bonds. The molecule has 0 spiro atoms. The van der Waals surface area contributed by atoms with E-state index in [1.54, 1.807) is 23.9 Å². The third-order valence-corrected chi connectivity index (χ3v) is 8.75. The maximum absolute atomic E-state index is 13.2. The van der Waals surface area contributed by atoms with Crippen LogP contribution in [0.25, 0.3) is 0 Å². The third kappa shape index (κ3) is 4.30. The van der Waals surface area contributed by atoms with Gasteiger partial charge in [0.05, 0.1) is 10.6 Å². The average molecular weight is 471 g/mol. The van der Waals surface area contributed by atoms with Gasteiger partial charge in [0, 0.05) is 46.2 Å². The second-order valence-corrected chi connectivity index (χ2v) is 11.0. The number of fused-ring (bicyclic) bond motifs is 1. The van der Waals surface area contributed by atoms with Crippen LogP contribution in [0.3, 0.4) is 0 Å². The Kier molecular flexibility index (Phi) is 6.14. The van der Waals surface area contributed by atoms with Crippen molar-refractivity contribution in [2.75, 3.05) is 30.3 Å². The molecule has 2 aliphatic heterocycles. The van der Waals surface area contributed by atoms with Crippen LogP contribution in [0.5, 0.6) is 0 Å². The van der Waals surface area contributed by atoms with Gasteiger partial charge in [-0.05, 0) is 55.3 Å². The Labute approximate surface area is 185 Å². The number of halogens is 2. The van der Waals surface area contributed by atoms with Crippen LogP contribution in [0.15, 0.2) is 52.3 Å². The maximum Gasteiger partial charge on any atom is 0.243 e. The smallest absolute Gasteiger partial charge is 0.243 e. The molecule has 0 radical (unpaired) electrons. The van der Waals surface area contributed by atoms with E-state index < -0.39 is 10.0 Å². The summed E-state index contributed by atoms with van der Waals surface area (Å²) in [5.41, 5.74) is 0.856. The summed E-state index contributed by atoms with van der Waals surface area (Å²) >= 11 is 13.7. The van der Waals surface area contributed by atoms with Gasteiger partial charge >= 0.3 is 0 Å². The molecule has 5 nitrogen and oxygen atoms in total. The van der Waals surface area contributed by atoms with E-state index >= 15 is 0 Å². The van der Waals surface area contributed by atoms with Crippen molar-refractivity contribution in [2.45, 2.75) is 22.6 Å². The zero-order valence-corrected chi connectivity index (χ0v) is 18.7. The molecule has 2 heterocycles. The first-order valence-electron chi connectivity index (χ1n) is 9.36. The van der Waals surface area contributed by atoms with Gasteiger partial charge in [-0.25, -0.2) is 8.42 Å². The number of sulfonamides is 1. The number of anilines is 1. The van der Waals surface area contributed by atoms with Crippen LogP contribution >= 0.6 is 35.0 Å². The molecule has 0 atom stereocenters. The fourth-order valence-electron chi connectivity index (χ4n) is 3.74. The summed E-state index contributed by atoms with van der Waals surface area (Å²) in [5, 5.41) is 1.10. The van der Waals surface area contributed by atoms with Crippen molar-refractivity contribution in [3.63, 3.8) is 0 Å². The number of nitrogens with zero attached hydrogens (tertiary/aromatic N) is 2. The number of hydrogen-bond donors (Lipinski definition) is 0. The Morgan fingerprint density at radius 2 is 1.62 bits per heavy atom. The van der Waals surface area contributed by atoms with Gasteiger partial charge in [-0.15, -0.1) is 11.8 Å². The van der Waals surface area contributed by atoms with Crippen LogP contribution in [0.2, 0.25) is 10.0 Å². The summed E-state index contributed by atoms with van der Waals surface area (Å²) in [6.07, 6.45) is 1.01. The second kappa shape index (κ2) is 8.47. The first kappa shape index (κ1) is 21.0. The molecule has 2 aliphatic rings. The predicted octanol–water partition coefficient (Wildman–Crippen LogP) is 4.53. The average Bonchev–Trinajstić information content (AvgIpc) is 2.73. The van der Waals surface area contributed by atoms with Gasteiger partial charge in [-0.2, -0.15) is 4.31 Å². The Morgan fingerprint density at radius 1 is 0.966 bits per heavy atom. The highest BCUT2D eigenvalue weighted by Gasteiger charge is 2.35. The van der Waals surface area contributed by atoms with Crippen molar-refractivity contribution in [3.05, 3.63) is 52.5 Å². The maximum atomic E-state index is 13.2. The van der Waals surface area contributed by atoms with Crippen molar-refractivity contribution < 1.29 is 13.2 Å². The molecular weight excluding hydrogens is 451 g/mol. The van der Waals surface area contributed by atoms with Crippen molar-refractivity contribution >= 4 is 56.6 Å². The van der Waals surface area contributed by atoms with Crippen LogP contribution < -0.4 is 4.90 Å². The Hall–Kier alpha value is -1.25. The van der Waals surface area contributed by atoms with E-state index in [1.807, 2.05) is 23.1 Å². The lowest BCUT2D eigenvalue weighted by molar-refractivity contribution is -0.123. The highest BCUT2D eigenvalue weighted by molar-refractivity contribution is 7.99. The van der Waals surface area contributed by atoms with E-state index in [1.165, 1.54) is 16.4 Å². The lowest BCUT2D eigenvalue weighted by atomic mass is 9.96. The Bertz CT molecular complexity index is 1020. The highest BCUT2D eigenvalue weighted by atomic mass is 35.5. The van der Waals surface area contributed by atoms with E-state index in [-0.39, 0.29) is 16.7 Å². The lowest BCUT2D eigenvalue weighted by Crippen LogP contribution is -2.45. The molecule has 154 valence electrons. The lowest BCUT2D eigenvalue weighted by Gasteiger charge is -2.35. The largest absolute Gasteiger partial charge is 0.310 e. The number of carbonyl (C=O) groups is 1. The summed E-state index contributed by atoms with van der Waals surface area (Å²) in [5.74, 6) is 0.698. The van der Waals surface area contributed by atoms with Gasteiger partial charge in [-0.3, -0.25) is 4.79 Å². The van der Waals surface area contributed by atoms with Gasteiger partial charge in [0.1, 0.15) is 0 Å². The van der Waals surface area contributed by atoms with Gasteiger partial charge in [0.25, 0.3) is 0 Å². The molecule has 2 aromatic carbocycles. The number of carbonyl (C=O) groups excluding carboxylic acids is 1. The molecule has 0 saturated carbocycles. The minimum absolute atomic E-state index is 0.0531. The number of amides is 1. The van der Waals surface area contributed by atoms with Gasteiger partial charge in [0.15, 0.2) is 0 Å². The van der Waals surface area contributed by atoms with Crippen LogP contribution in [0.1, 0.15) is 12.8 Å². The molecule has 29 heavy (non-hydrogen) atoms. The fourth-order valence-corrected chi connectivity index (χ4v) is 6.48. The molecule has 4 rings (SSSR count). The van der Waals surface area contributed by atoms with E-state index in [4.69, 9.17) is 23.2 Å². The number of piperidine rings is 1. The summed E-state index contributed by atoms with van der Waals surface area (Å²) < 4.78 is 27.2. The first-order chi connectivity index (χ1) is 13.9. The SMILES string of the molecule is O=C(C1CCN(S(=O)(=O)c2ccc(Cl)cc2)CC1)N1CCSc2ccc(Cl)cc21. The Morgan fingerprint density at radius 3 is 2.31 bits per heavy atom. The quantitative estimate of drug-likeness (QED) is 0.660. The second-order valence-electron chi connectivity index (χ2n) is 7.08. The third-order valence-electron chi connectivity index (χ3n) is 5.30. The summed E-state index contributed by atoms with van der Waals surface area (Å²) in [6.45, 7) is 1.29. The molecule has 0 bridgehead atoms. The van der Waals surface area contributed by atoms with Crippen molar-refractivity contribution in [1.82, 2.24) is 4.31 Å². The van der Waals surface area contributed by atoms with Crippen molar-refractivity contribution in [3.8, 4) is 0 Å². The van der Waals surface area contributed by atoms with Crippen molar-refractivity contribution in [1.29, 1.82) is 0 Å². The molecule has 0 aliphatic carbocycles. The number of benzene rings is 2. The number of rotatable bonds is 3. The minimum atomic E-state index is -3.58. The standard InChI is InChI=1S/C20H20Cl2N2O3S2/c21-15-1-4-17(5-2-15)29(26,27)23-9-7-14(8-10-23)20(25)24-11-12-28-19-6-3-16(22)13-18(19)24/h1-6,13-14H,7-12H2. The van der Waals surface area contributed by atoms with Gasteiger partial charge in [0.2, 0.25) is 15.9 Å². The molecule has 2 aromatic rings. The van der Waals surface area contributed by atoms with Crippen molar-refractivity contribution in [2.24, 2.45) is 5.92 Å². The Balaban J connectivity index is 1.46. The topological polar surface area (TPSA) is 57.7 Å². The molecule has 1 fully saturated rings. The van der Waals surface area contributed by atoms with Crippen LogP contribution in [-0.2, 0) is 14.8 Å². The van der Waals surface area contributed by atoms with Gasteiger partial charge in [-0.1, -0.05) is 23.2 Å². The summed E-state index contributed by atoms with van der Waals surface area (Å²) in [6, 6.07) is 11.8. The van der Waals surface area contributed by atoms with Gasteiger partial charge < -0.3 is 4.90 Å². The fraction of sp³-hybridized carbons (Fsp3) is 0.350. The molecule has 9 heteroatoms. The zero-order valence-electron chi connectivity index (χ0n) is 15.6. The first-order valence-corrected chi connectivity index (χ1v) is 12.5. The zero-order chi connectivity index (χ0) is 20.6. The normalized spacial score (nSPS) is 18.5. The van der Waals surface area contributed by atoms with E-state index in [2.05, 4.69) is 0 Å². The summed E-state index contributed by atoms with van der Waals surface area (Å²) in [4.78, 5) is 16.3. The molecule has 0 N–H and O–H groups in total. The molecule has 1 saturated heterocycles. The van der Waals surface area contributed by atoms with E-state index in [0.717, 1.165) is 16.3 Å². The van der Waals surface area contributed by atoms with Crippen LogP contribution in [-0.4, -0.2) is 44.0 Å².